The molecule has 0 aromatic heterocycles. The molecule has 0 bridgehead atoms. The molecule has 1 saturated heterocycles. The van der Waals surface area contributed by atoms with Crippen LogP contribution >= 0.6 is 0 Å². The van der Waals surface area contributed by atoms with E-state index in [1.807, 2.05) is 60.7 Å². The molecule has 0 radical (unpaired) electrons. The quantitative estimate of drug-likeness (QED) is 0.857. The number of aliphatic hydroxyl groups is 1. The summed E-state index contributed by atoms with van der Waals surface area (Å²) < 4.78 is 5.41. The van der Waals surface area contributed by atoms with Gasteiger partial charge in [0, 0.05) is 13.0 Å². The second-order valence-corrected chi connectivity index (χ2v) is 6.28. The Labute approximate surface area is 142 Å². The van der Waals surface area contributed by atoms with Gasteiger partial charge in [-0.05, 0) is 24.0 Å². The molecule has 1 aliphatic heterocycles. The molecule has 126 valence electrons. The number of ether oxygens (including phenoxy) is 1. The maximum Gasteiger partial charge on any atom is 0.249 e. The molecule has 2 N–H and O–H groups in total. The van der Waals surface area contributed by atoms with Gasteiger partial charge >= 0.3 is 0 Å². The molecule has 0 saturated carbocycles. The molecule has 24 heavy (non-hydrogen) atoms. The average molecular weight is 325 g/mol. The molecule has 3 rings (SSSR count). The normalized spacial score (nSPS) is 19.6. The van der Waals surface area contributed by atoms with Gasteiger partial charge in [-0.15, -0.1) is 0 Å². The van der Waals surface area contributed by atoms with Crippen LogP contribution in [-0.4, -0.2) is 30.3 Å². The van der Waals surface area contributed by atoms with E-state index in [1.165, 1.54) is 0 Å². The molecule has 1 aliphatic rings. The first-order valence-electron chi connectivity index (χ1n) is 8.38. The first kappa shape index (κ1) is 16.7. The highest BCUT2D eigenvalue weighted by Crippen LogP contribution is 2.25. The van der Waals surface area contributed by atoms with E-state index in [0.717, 1.165) is 24.0 Å². The van der Waals surface area contributed by atoms with Gasteiger partial charge in [0.25, 0.3) is 0 Å². The summed E-state index contributed by atoms with van der Waals surface area (Å²) >= 11 is 0. The Balaban J connectivity index is 1.75. The number of nitrogens with one attached hydrogen (secondary N) is 1. The molecule has 0 unspecified atom stereocenters. The third kappa shape index (κ3) is 4.02. The largest absolute Gasteiger partial charge is 0.383 e. The van der Waals surface area contributed by atoms with E-state index in [9.17, 15) is 9.90 Å². The maximum absolute atomic E-state index is 12.2. The van der Waals surface area contributed by atoms with Gasteiger partial charge in [0.05, 0.1) is 6.54 Å². The Morgan fingerprint density at radius 3 is 2.42 bits per heavy atom. The fourth-order valence-electron chi connectivity index (χ4n) is 3.08. The van der Waals surface area contributed by atoms with Crippen molar-refractivity contribution in [3.8, 4) is 0 Å². The lowest BCUT2D eigenvalue weighted by atomic mass is 9.87. The standard InChI is InChI=1S/C20H23NO3/c22-19(18-12-7-13-24-18)21-15-20(23,17-10-5-2-6-11-17)14-16-8-3-1-4-9-16/h1-6,8-11,18,23H,7,12-15H2,(H,21,22)/t18-,20-/m0/s1. The monoisotopic (exact) mass is 325 g/mol. The molecule has 2 aromatic rings. The SMILES string of the molecule is O=C(NC[C@@](O)(Cc1ccccc1)c1ccccc1)[C@@H]1CCCO1. The van der Waals surface area contributed by atoms with E-state index in [0.29, 0.717) is 13.0 Å². The predicted octanol–water partition coefficient (Wildman–Crippen LogP) is 2.41. The summed E-state index contributed by atoms with van der Waals surface area (Å²) in [5, 5.41) is 14.1. The van der Waals surface area contributed by atoms with Gasteiger partial charge in [-0.2, -0.15) is 0 Å². The summed E-state index contributed by atoms with van der Waals surface area (Å²) in [4.78, 5) is 12.2. The van der Waals surface area contributed by atoms with E-state index in [2.05, 4.69) is 5.32 Å². The van der Waals surface area contributed by atoms with Crippen molar-refractivity contribution in [3.63, 3.8) is 0 Å². The number of hydrogen-bond donors (Lipinski definition) is 2. The molecular weight excluding hydrogens is 302 g/mol. The third-order valence-electron chi connectivity index (χ3n) is 4.43. The van der Waals surface area contributed by atoms with Gasteiger partial charge in [-0.3, -0.25) is 4.79 Å². The molecule has 1 fully saturated rings. The van der Waals surface area contributed by atoms with Gasteiger partial charge in [0.2, 0.25) is 5.91 Å². The number of carbonyl (C=O) groups is 1. The van der Waals surface area contributed by atoms with Gasteiger partial charge in [0.1, 0.15) is 11.7 Å². The van der Waals surface area contributed by atoms with Crippen LogP contribution < -0.4 is 5.32 Å². The van der Waals surface area contributed by atoms with Crippen LogP contribution in [0, 0.1) is 0 Å². The van der Waals surface area contributed by atoms with Crippen LogP contribution in [0.4, 0.5) is 0 Å². The first-order valence-corrected chi connectivity index (χ1v) is 8.38. The minimum Gasteiger partial charge on any atom is -0.383 e. The predicted molar refractivity (Wildman–Crippen MR) is 92.5 cm³/mol. The third-order valence-corrected chi connectivity index (χ3v) is 4.43. The molecule has 4 heteroatoms. The highest BCUT2D eigenvalue weighted by molar-refractivity contribution is 5.81. The van der Waals surface area contributed by atoms with E-state index >= 15 is 0 Å². The van der Waals surface area contributed by atoms with Crippen LogP contribution in [0.2, 0.25) is 0 Å². The lowest BCUT2D eigenvalue weighted by molar-refractivity contribution is -0.131. The summed E-state index contributed by atoms with van der Waals surface area (Å²) in [6.45, 7) is 0.787. The molecule has 1 amide bonds. The zero-order valence-electron chi connectivity index (χ0n) is 13.7. The van der Waals surface area contributed by atoms with Crippen LogP contribution in [0.25, 0.3) is 0 Å². The lowest BCUT2D eigenvalue weighted by Crippen LogP contribution is -2.45. The van der Waals surface area contributed by atoms with Crippen molar-refractivity contribution in [1.29, 1.82) is 0 Å². The van der Waals surface area contributed by atoms with Crippen molar-refractivity contribution in [3.05, 3.63) is 71.8 Å². The minimum absolute atomic E-state index is 0.144. The number of rotatable bonds is 6. The van der Waals surface area contributed by atoms with Crippen LogP contribution in [0.1, 0.15) is 24.0 Å². The van der Waals surface area contributed by atoms with Crippen molar-refractivity contribution in [1.82, 2.24) is 5.32 Å². The Bertz CT molecular complexity index is 653. The van der Waals surface area contributed by atoms with E-state index in [1.54, 1.807) is 0 Å². The number of benzene rings is 2. The zero-order chi connectivity index (χ0) is 16.8. The van der Waals surface area contributed by atoms with E-state index in [4.69, 9.17) is 4.74 Å². The summed E-state index contributed by atoms with van der Waals surface area (Å²) in [5.74, 6) is -0.144. The molecule has 4 nitrogen and oxygen atoms in total. The van der Waals surface area contributed by atoms with Gasteiger partial charge < -0.3 is 15.2 Å². The summed E-state index contributed by atoms with van der Waals surface area (Å²) in [6.07, 6.45) is 1.70. The van der Waals surface area contributed by atoms with Crippen molar-refractivity contribution in [2.75, 3.05) is 13.2 Å². The number of carbonyl (C=O) groups excluding carboxylic acids is 1. The molecule has 2 atom stereocenters. The fourth-order valence-corrected chi connectivity index (χ4v) is 3.08. The smallest absolute Gasteiger partial charge is 0.249 e. The highest BCUT2D eigenvalue weighted by Gasteiger charge is 2.32. The Kier molecular flexibility index (Phi) is 5.28. The zero-order valence-corrected chi connectivity index (χ0v) is 13.7. The second kappa shape index (κ2) is 7.60. The molecule has 1 heterocycles. The van der Waals surface area contributed by atoms with Crippen LogP contribution in [0.3, 0.4) is 0 Å². The number of hydrogen-bond acceptors (Lipinski definition) is 3. The van der Waals surface area contributed by atoms with Gasteiger partial charge in [-0.25, -0.2) is 0 Å². The Morgan fingerprint density at radius 2 is 1.79 bits per heavy atom. The van der Waals surface area contributed by atoms with Crippen LogP contribution in [-0.2, 0) is 21.6 Å². The molecule has 2 aromatic carbocycles. The van der Waals surface area contributed by atoms with Crippen LogP contribution in [0.15, 0.2) is 60.7 Å². The van der Waals surface area contributed by atoms with Gasteiger partial charge in [-0.1, -0.05) is 60.7 Å². The lowest BCUT2D eigenvalue weighted by Gasteiger charge is -2.30. The Morgan fingerprint density at radius 1 is 1.12 bits per heavy atom. The first-order chi connectivity index (χ1) is 11.7. The molecule has 0 aliphatic carbocycles. The average Bonchev–Trinajstić information content (AvgIpc) is 3.16. The maximum atomic E-state index is 12.2. The minimum atomic E-state index is -1.16. The van der Waals surface area contributed by atoms with Crippen molar-refractivity contribution in [2.24, 2.45) is 0 Å². The van der Waals surface area contributed by atoms with Crippen molar-refractivity contribution >= 4 is 5.91 Å². The van der Waals surface area contributed by atoms with E-state index in [-0.39, 0.29) is 18.6 Å². The highest BCUT2D eigenvalue weighted by atomic mass is 16.5. The summed E-state index contributed by atoms with van der Waals surface area (Å²) in [6, 6.07) is 19.3. The van der Waals surface area contributed by atoms with E-state index < -0.39 is 5.60 Å². The topological polar surface area (TPSA) is 58.6 Å². The molecule has 0 spiro atoms. The Hall–Kier alpha value is -2.17. The number of amides is 1. The summed E-state index contributed by atoms with van der Waals surface area (Å²) in [7, 11) is 0. The van der Waals surface area contributed by atoms with Crippen molar-refractivity contribution < 1.29 is 14.6 Å². The summed E-state index contributed by atoms with van der Waals surface area (Å²) in [5.41, 5.74) is 0.661. The molecular formula is C20H23NO3. The van der Waals surface area contributed by atoms with Crippen LogP contribution in [0.5, 0.6) is 0 Å². The fraction of sp³-hybridized carbons (Fsp3) is 0.350. The van der Waals surface area contributed by atoms with Crippen molar-refractivity contribution in [2.45, 2.75) is 31.0 Å². The second-order valence-electron chi connectivity index (χ2n) is 6.28. The van der Waals surface area contributed by atoms with Gasteiger partial charge in [0.15, 0.2) is 0 Å².